The lowest BCUT2D eigenvalue weighted by Gasteiger charge is -2.32. The van der Waals surface area contributed by atoms with Gasteiger partial charge >= 0.3 is 0 Å². The van der Waals surface area contributed by atoms with Gasteiger partial charge < -0.3 is 5.01 Å². The Kier molecular flexibility index (Phi) is 2.94. The Hall–Kier alpha value is -0.500. The number of rotatable bonds is 1. The number of allylic oxidation sites excluding steroid dienone is 2. The molecule has 0 saturated carbocycles. The van der Waals surface area contributed by atoms with Crippen molar-refractivity contribution in [2.24, 2.45) is 0 Å². The quantitative estimate of drug-likeness (QED) is 0.620. The second-order valence-corrected chi connectivity index (χ2v) is 3.20. The Balaban J connectivity index is 2.67. The molecular formula is C9H18N2. The minimum Gasteiger partial charge on any atom is -0.313 e. The Labute approximate surface area is 69.2 Å². The van der Waals surface area contributed by atoms with E-state index in [0.29, 0.717) is 0 Å². The summed E-state index contributed by atoms with van der Waals surface area (Å²) in [5.74, 6) is 0. The van der Waals surface area contributed by atoms with E-state index >= 15 is 0 Å². The molecule has 1 aliphatic rings. The third-order valence-corrected chi connectivity index (χ3v) is 2.11. The van der Waals surface area contributed by atoms with Gasteiger partial charge in [0.1, 0.15) is 0 Å². The fourth-order valence-electron chi connectivity index (χ4n) is 1.52. The van der Waals surface area contributed by atoms with E-state index in [1.165, 1.54) is 24.1 Å². The van der Waals surface area contributed by atoms with E-state index in [1.54, 1.807) is 0 Å². The molecule has 0 aromatic heterocycles. The van der Waals surface area contributed by atoms with E-state index in [0.717, 1.165) is 13.1 Å². The van der Waals surface area contributed by atoms with Gasteiger partial charge in [0.2, 0.25) is 0 Å². The molecule has 64 valence electrons. The second-order valence-electron chi connectivity index (χ2n) is 3.20. The van der Waals surface area contributed by atoms with Crippen LogP contribution in [0, 0.1) is 0 Å². The van der Waals surface area contributed by atoms with E-state index in [4.69, 9.17) is 0 Å². The van der Waals surface area contributed by atoms with Crippen molar-refractivity contribution in [2.45, 2.75) is 33.6 Å². The fourth-order valence-corrected chi connectivity index (χ4v) is 1.52. The van der Waals surface area contributed by atoms with Gasteiger partial charge in [-0.05, 0) is 33.6 Å². The number of nitrogens with zero attached hydrogens (tertiary/aromatic N) is 1. The monoisotopic (exact) mass is 154 g/mol. The standard InChI is InChI=1S/C9H18N2/c1-4-11-9(8(2)3)6-5-7-10-11/h10H,4-7H2,1-3H3. The molecular weight excluding hydrogens is 136 g/mol. The predicted octanol–water partition coefficient (Wildman–Crippen LogP) is 1.90. The summed E-state index contributed by atoms with van der Waals surface area (Å²) in [4.78, 5) is 0. The summed E-state index contributed by atoms with van der Waals surface area (Å²) >= 11 is 0. The molecule has 2 heteroatoms. The zero-order valence-corrected chi connectivity index (χ0v) is 7.78. The molecule has 0 spiro atoms. The van der Waals surface area contributed by atoms with Crippen LogP contribution in [0.4, 0.5) is 0 Å². The maximum absolute atomic E-state index is 3.38. The highest BCUT2D eigenvalue weighted by atomic mass is 15.5. The largest absolute Gasteiger partial charge is 0.313 e. The van der Waals surface area contributed by atoms with E-state index in [9.17, 15) is 0 Å². The van der Waals surface area contributed by atoms with Crippen molar-refractivity contribution in [1.29, 1.82) is 0 Å². The van der Waals surface area contributed by atoms with Crippen LogP contribution in [-0.4, -0.2) is 18.1 Å². The number of nitrogens with one attached hydrogen (secondary N) is 1. The molecule has 1 aliphatic heterocycles. The summed E-state index contributed by atoms with van der Waals surface area (Å²) in [5, 5.41) is 2.26. The topological polar surface area (TPSA) is 15.3 Å². The molecule has 0 bridgehead atoms. The van der Waals surface area contributed by atoms with Gasteiger partial charge in [-0.1, -0.05) is 5.57 Å². The molecule has 0 aromatic carbocycles. The van der Waals surface area contributed by atoms with Crippen LogP contribution < -0.4 is 5.43 Å². The van der Waals surface area contributed by atoms with Crippen molar-refractivity contribution in [3.8, 4) is 0 Å². The van der Waals surface area contributed by atoms with E-state index < -0.39 is 0 Å². The van der Waals surface area contributed by atoms with Crippen molar-refractivity contribution >= 4 is 0 Å². The maximum Gasteiger partial charge on any atom is 0.0312 e. The summed E-state index contributed by atoms with van der Waals surface area (Å²) in [6.45, 7) is 8.75. The number of hydrogen-bond acceptors (Lipinski definition) is 2. The van der Waals surface area contributed by atoms with Crippen molar-refractivity contribution < 1.29 is 0 Å². The van der Waals surface area contributed by atoms with Gasteiger partial charge in [-0.25, -0.2) is 5.43 Å². The number of hydrogen-bond donors (Lipinski definition) is 1. The Bertz CT molecular complexity index is 157. The van der Waals surface area contributed by atoms with Crippen LogP contribution in [0.2, 0.25) is 0 Å². The Morgan fingerprint density at radius 3 is 2.73 bits per heavy atom. The lowest BCUT2D eigenvalue weighted by atomic mass is 10.1. The molecule has 1 heterocycles. The van der Waals surface area contributed by atoms with Crippen molar-refractivity contribution in [3.05, 3.63) is 11.3 Å². The molecule has 1 fully saturated rings. The van der Waals surface area contributed by atoms with Crippen LogP contribution >= 0.6 is 0 Å². The summed E-state index contributed by atoms with van der Waals surface area (Å²) in [7, 11) is 0. The van der Waals surface area contributed by atoms with Crippen LogP contribution in [0.5, 0.6) is 0 Å². The first-order valence-electron chi connectivity index (χ1n) is 4.43. The average molecular weight is 154 g/mol. The zero-order valence-electron chi connectivity index (χ0n) is 7.78. The lowest BCUT2D eigenvalue weighted by molar-refractivity contribution is 0.215. The molecule has 1 rings (SSSR count). The SMILES string of the molecule is CCN1NCCCC1=C(C)C. The highest BCUT2D eigenvalue weighted by Gasteiger charge is 2.12. The minimum absolute atomic E-state index is 1.07. The Morgan fingerprint density at radius 1 is 1.55 bits per heavy atom. The van der Waals surface area contributed by atoms with Gasteiger partial charge in [0.15, 0.2) is 0 Å². The van der Waals surface area contributed by atoms with Crippen molar-refractivity contribution in [1.82, 2.24) is 10.4 Å². The molecule has 2 nitrogen and oxygen atoms in total. The first-order chi connectivity index (χ1) is 5.25. The van der Waals surface area contributed by atoms with Crippen LogP contribution in [0.25, 0.3) is 0 Å². The molecule has 1 N–H and O–H groups in total. The molecule has 0 amide bonds. The van der Waals surface area contributed by atoms with Gasteiger partial charge in [0, 0.05) is 18.8 Å². The summed E-state index contributed by atoms with van der Waals surface area (Å²) in [6.07, 6.45) is 2.51. The van der Waals surface area contributed by atoms with Gasteiger partial charge in [-0.2, -0.15) is 0 Å². The normalized spacial score (nSPS) is 18.8. The molecule has 11 heavy (non-hydrogen) atoms. The highest BCUT2D eigenvalue weighted by Crippen LogP contribution is 2.17. The van der Waals surface area contributed by atoms with Gasteiger partial charge in [-0.3, -0.25) is 0 Å². The summed E-state index contributed by atoms with van der Waals surface area (Å²) in [5.41, 5.74) is 6.30. The predicted molar refractivity (Wildman–Crippen MR) is 48.0 cm³/mol. The first-order valence-corrected chi connectivity index (χ1v) is 4.43. The third kappa shape index (κ3) is 1.96. The molecule has 1 saturated heterocycles. The Morgan fingerprint density at radius 2 is 2.27 bits per heavy atom. The van der Waals surface area contributed by atoms with Crippen molar-refractivity contribution in [2.75, 3.05) is 13.1 Å². The van der Waals surface area contributed by atoms with Gasteiger partial charge in [0.05, 0.1) is 0 Å². The van der Waals surface area contributed by atoms with Crippen LogP contribution in [0.15, 0.2) is 11.3 Å². The molecule has 0 aromatic rings. The van der Waals surface area contributed by atoms with Crippen LogP contribution in [0.3, 0.4) is 0 Å². The second kappa shape index (κ2) is 3.77. The van der Waals surface area contributed by atoms with Crippen LogP contribution in [-0.2, 0) is 0 Å². The molecule has 0 unspecified atom stereocenters. The van der Waals surface area contributed by atoms with Crippen LogP contribution in [0.1, 0.15) is 33.6 Å². The lowest BCUT2D eigenvalue weighted by Crippen LogP contribution is -2.41. The first kappa shape index (κ1) is 8.60. The van der Waals surface area contributed by atoms with Gasteiger partial charge in [-0.15, -0.1) is 0 Å². The molecule has 0 aliphatic carbocycles. The highest BCUT2D eigenvalue weighted by molar-refractivity contribution is 5.09. The molecule has 0 atom stereocenters. The average Bonchev–Trinajstić information content (AvgIpc) is 2.04. The summed E-state index contributed by atoms with van der Waals surface area (Å²) < 4.78 is 0. The van der Waals surface area contributed by atoms with Gasteiger partial charge in [0.25, 0.3) is 0 Å². The van der Waals surface area contributed by atoms with E-state index in [1.807, 2.05) is 0 Å². The maximum atomic E-state index is 3.38. The summed E-state index contributed by atoms with van der Waals surface area (Å²) in [6, 6.07) is 0. The zero-order chi connectivity index (χ0) is 8.27. The van der Waals surface area contributed by atoms with E-state index in [2.05, 4.69) is 31.2 Å². The smallest absolute Gasteiger partial charge is 0.0312 e. The number of hydrazine groups is 1. The minimum atomic E-state index is 1.07. The van der Waals surface area contributed by atoms with Crippen molar-refractivity contribution in [3.63, 3.8) is 0 Å². The fraction of sp³-hybridized carbons (Fsp3) is 0.778. The molecule has 0 radical (unpaired) electrons. The third-order valence-electron chi connectivity index (χ3n) is 2.11. The van der Waals surface area contributed by atoms with E-state index in [-0.39, 0.29) is 0 Å².